The molecule has 1 atom stereocenters. The fourth-order valence-corrected chi connectivity index (χ4v) is 2.90. The average molecular weight is 306 g/mol. The molecule has 2 aromatic rings. The van der Waals surface area contributed by atoms with Crippen molar-refractivity contribution >= 4 is 11.8 Å². The van der Waals surface area contributed by atoms with Gasteiger partial charge in [0.1, 0.15) is 0 Å². The van der Waals surface area contributed by atoms with E-state index in [4.69, 9.17) is 5.73 Å². The van der Waals surface area contributed by atoms with E-state index < -0.39 is 11.1 Å². The van der Waals surface area contributed by atoms with Crippen molar-refractivity contribution < 1.29 is 0 Å². The van der Waals surface area contributed by atoms with Crippen LogP contribution in [0.2, 0.25) is 0 Å². The molecule has 0 fully saturated rings. The number of benzene rings is 1. The van der Waals surface area contributed by atoms with Crippen LogP contribution in [0.4, 0.5) is 0 Å². The quantitative estimate of drug-likeness (QED) is 0.646. The fourth-order valence-electron chi connectivity index (χ4n) is 2.00. The first-order valence-corrected chi connectivity index (χ1v) is 7.50. The van der Waals surface area contributed by atoms with Gasteiger partial charge in [-0.3, -0.25) is 19.4 Å². The Morgan fingerprint density at radius 3 is 2.81 bits per heavy atom. The molecule has 0 radical (unpaired) electrons. The van der Waals surface area contributed by atoms with E-state index in [9.17, 15) is 9.59 Å². The molecule has 0 spiro atoms. The number of nitrogens with one attached hydrogen (secondary N) is 1. The first-order chi connectivity index (χ1) is 9.88. The third-order valence-electron chi connectivity index (χ3n) is 3.17. The lowest BCUT2D eigenvalue weighted by Crippen LogP contribution is -2.34. The lowest BCUT2D eigenvalue weighted by Gasteiger charge is -2.15. The fraction of sp³-hybridized carbons (Fsp3) is 0.357. The van der Waals surface area contributed by atoms with Crippen LogP contribution in [-0.2, 0) is 7.05 Å². The molecule has 0 aliphatic rings. The SMILES string of the molecule is Cc1ccc(C)c(C(N)CSc2nc(=O)c(=O)[nH]n2C)c1. The Bertz CT molecular complexity index is 766. The van der Waals surface area contributed by atoms with Gasteiger partial charge in [0.15, 0.2) is 5.16 Å². The van der Waals surface area contributed by atoms with E-state index in [0.29, 0.717) is 10.9 Å². The Morgan fingerprint density at radius 2 is 2.10 bits per heavy atom. The van der Waals surface area contributed by atoms with Crippen molar-refractivity contribution in [2.75, 3.05) is 5.75 Å². The summed E-state index contributed by atoms with van der Waals surface area (Å²) in [6.45, 7) is 4.04. The molecule has 1 aromatic heterocycles. The maximum absolute atomic E-state index is 11.3. The molecule has 0 aliphatic carbocycles. The van der Waals surface area contributed by atoms with Crippen molar-refractivity contribution in [1.29, 1.82) is 0 Å². The monoisotopic (exact) mass is 306 g/mol. The zero-order valence-electron chi connectivity index (χ0n) is 12.2. The highest BCUT2D eigenvalue weighted by molar-refractivity contribution is 7.99. The van der Waals surface area contributed by atoms with Gasteiger partial charge in [0, 0.05) is 18.8 Å². The average Bonchev–Trinajstić information content (AvgIpc) is 2.43. The minimum atomic E-state index is -0.782. The molecule has 1 heterocycles. The van der Waals surface area contributed by atoms with E-state index in [2.05, 4.69) is 16.1 Å². The maximum Gasteiger partial charge on any atom is 0.339 e. The summed E-state index contributed by atoms with van der Waals surface area (Å²) >= 11 is 1.34. The Labute approximate surface area is 126 Å². The van der Waals surface area contributed by atoms with Gasteiger partial charge in [0.25, 0.3) is 0 Å². The molecule has 0 saturated carbocycles. The van der Waals surface area contributed by atoms with Crippen LogP contribution in [0.1, 0.15) is 22.7 Å². The molecule has 3 N–H and O–H groups in total. The molecule has 112 valence electrons. The largest absolute Gasteiger partial charge is 0.339 e. The van der Waals surface area contributed by atoms with Crippen LogP contribution in [-0.4, -0.2) is 20.5 Å². The molecule has 0 bridgehead atoms. The normalized spacial score (nSPS) is 12.4. The molecule has 21 heavy (non-hydrogen) atoms. The summed E-state index contributed by atoms with van der Waals surface area (Å²) in [5.41, 5.74) is 8.09. The lowest BCUT2D eigenvalue weighted by molar-refractivity contribution is 0.595. The Balaban J connectivity index is 2.16. The minimum absolute atomic E-state index is 0.168. The molecule has 7 heteroatoms. The maximum atomic E-state index is 11.3. The van der Waals surface area contributed by atoms with Crippen LogP contribution in [0.25, 0.3) is 0 Å². The van der Waals surface area contributed by atoms with Gasteiger partial charge in [-0.05, 0) is 25.0 Å². The van der Waals surface area contributed by atoms with E-state index in [1.807, 2.05) is 26.0 Å². The van der Waals surface area contributed by atoms with Gasteiger partial charge in [0.2, 0.25) is 0 Å². The van der Waals surface area contributed by atoms with Crippen molar-refractivity contribution in [1.82, 2.24) is 14.8 Å². The number of thioether (sulfide) groups is 1. The Hall–Kier alpha value is -1.86. The first-order valence-electron chi connectivity index (χ1n) is 6.51. The van der Waals surface area contributed by atoms with Crippen LogP contribution < -0.4 is 16.9 Å². The first kappa shape index (κ1) is 15.5. The minimum Gasteiger partial charge on any atom is -0.323 e. The van der Waals surface area contributed by atoms with Crippen LogP contribution in [0, 0.1) is 13.8 Å². The van der Waals surface area contributed by atoms with Crippen LogP contribution in [0.3, 0.4) is 0 Å². The van der Waals surface area contributed by atoms with Crippen LogP contribution >= 0.6 is 11.8 Å². The summed E-state index contributed by atoms with van der Waals surface area (Å²) in [5, 5.41) is 2.86. The molecule has 6 nitrogen and oxygen atoms in total. The van der Waals surface area contributed by atoms with Crippen molar-refractivity contribution in [2.45, 2.75) is 25.0 Å². The van der Waals surface area contributed by atoms with E-state index >= 15 is 0 Å². The highest BCUT2D eigenvalue weighted by atomic mass is 32.2. The Kier molecular flexibility index (Phi) is 4.64. The van der Waals surface area contributed by atoms with Gasteiger partial charge in [-0.25, -0.2) is 0 Å². The number of hydrogen-bond acceptors (Lipinski definition) is 5. The van der Waals surface area contributed by atoms with Gasteiger partial charge >= 0.3 is 11.1 Å². The predicted molar refractivity (Wildman–Crippen MR) is 83.7 cm³/mol. The smallest absolute Gasteiger partial charge is 0.323 e. The third-order valence-corrected chi connectivity index (χ3v) is 4.32. The molecular weight excluding hydrogens is 288 g/mol. The van der Waals surface area contributed by atoms with Gasteiger partial charge < -0.3 is 5.73 Å². The van der Waals surface area contributed by atoms with Crippen LogP contribution in [0.15, 0.2) is 32.9 Å². The molecule has 0 amide bonds. The number of aromatic nitrogens is 3. The Morgan fingerprint density at radius 1 is 1.38 bits per heavy atom. The van der Waals surface area contributed by atoms with Crippen molar-refractivity contribution in [3.63, 3.8) is 0 Å². The van der Waals surface area contributed by atoms with Crippen LogP contribution in [0.5, 0.6) is 0 Å². The summed E-state index contributed by atoms with van der Waals surface area (Å²) in [6, 6.07) is 5.99. The number of aryl methyl sites for hydroxylation is 3. The molecule has 1 unspecified atom stereocenters. The number of aromatic amines is 1. The second kappa shape index (κ2) is 6.28. The van der Waals surface area contributed by atoms with Crippen molar-refractivity contribution in [3.8, 4) is 0 Å². The third kappa shape index (κ3) is 3.62. The molecule has 2 rings (SSSR count). The second-order valence-corrected chi connectivity index (χ2v) is 5.96. The summed E-state index contributed by atoms with van der Waals surface area (Å²) < 4.78 is 1.43. The predicted octanol–water partition coefficient (Wildman–Crippen LogP) is 0.878. The van der Waals surface area contributed by atoms with E-state index in [-0.39, 0.29) is 6.04 Å². The standard InChI is InChI=1S/C14H18N4O2S/c1-8-4-5-9(2)10(6-8)11(15)7-21-14-16-12(19)13(20)17-18(14)3/h4-6,11H,7,15H2,1-3H3,(H,17,20). The van der Waals surface area contributed by atoms with E-state index in [1.165, 1.54) is 16.4 Å². The summed E-state index contributed by atoms with van der Waals surface area (Å²) in [6.07, 6.45) is 0. The number of nitrogens with two attached hydrogens (primary N) is 1. The molecule has 0 aliphatic heterocycles. The highest BCUT2D eigenvalue weighted by Crippen LogP contribution is 2.23. The number of hydrogen-bond donors (Lipinski definition) is 2. The number of rotatable bonds is 4. The van der Waals surface area contributed by atoms with Gasteiger partial charge in [-0.15, -0.1) is 0 Å². The lowest BCUT2D eigenvalue weighted by atomic mass is 10.0. The van der Waals surface area contributed by atoms with E-state index in [1.54, 1.807) is 7.05 Å². The zero-order chi connectivity index (χ0) is 15.6. The van der Waals surface area contributed by atoms with Crippen molar-refractivity contribution in [3.05, 3.63) is 55.6 Å². The summed E-state index contributed by atoms with van der Waals surface area (Å²) in [4.78, 5) is 26.2. The summed E-state index contributed by atoms with van der Waals surface area (Å²) in [7, 11) is 1.64. The van der Waals surface area contributed by atoms with Gasteiger partial charge in [0.05, 0.1) is 0 Å². The van der Waals surface area contributed by atoms with Gasteiger partial charge in [-0.2, -0.15) is 4.98 Å². The molecular formula is C14H18N4O2S. The van der Waals surface area contributed by atoms with Crippen molar-refractivity contribution in [2.24, 2.45) is 12.8 Å². The summed E-state index contributed by atoms with van der Waals surface area (Å²) in [5.74, 6) is 0.566. The molecule has 0 saturated heterocycles. The van der Waals surface area contributed by atoms with Gasteiger partial charge in [-0.1, -0.05) is 35.5 Å². The zero-order valence-corrected chi connectivity index (χ0v) is 13.0. The molecule has 1 aromatic carbocycles. The topological polar surface area (TPSA) is 93.8 Å². The van der Waals surface area contributed by atoms with E-state index in [0.717, 1.165) is 16.7 Å². The second-order valence-electron chi connectivity index (χ2n) is 4.98. The number of H-pyrrole nitrogens is 1. The highest BCUT2D eigenvalue weighted by Gasteiger charge is 2.12. The number of nitrogens with zero attached hydrogens (tertiary/aromatic N) is 2.